The Kier molecular flexibility index (Phi) is 3.33. The maximum absolute atomic E-state index is 13.7. The molecule has 0 unspecified atom stereocenters. The summed E-state index contributed by atoms with van der Waals surface area (Å²) in [5.74, 6) is 0.0152. The molecule has 0 aliphatic carbocycles. The number of imidazole rings is 1. The van der Waals surface area contributed by atoms with Crippen LogP contribution in [-0.2, 0) is 10.3 Å². The van der Waals surface area contributed by atoms with E-state index in [-0.39, 0.29) is 5.82 Å². The molecule has 0 saturated carbocycles. The van der Waals surface area contributed by atoms with Gasteiger partial charge in [0.1, 0.15) is 5.82 Å². The van der Waals surface area contributed by atoms with Gasteiger partial charge in [-0.1, -0.05) is 0 Å². The minimum atomic E-state index is -0.395. The van der Waals surface area contributed by atoms with Gasteiger partial charge in [-0.3, -0.25) is 0 Å². The van der Waals surface area contributed by atoms with Gasteiger partial charge in [-0.05, 0) is 35.8 Å². The Morgan fingerprint density at radius 3 is 2.78 bits per heavy atom. The zero-order valence-electron chi connectivity index (χ0n) is 10.5. The molecule has 1 aromatic carbocycles. The monoisotopic (exact) mass is 315 g/mol. The number of aromatic nitrogens is 2. The van der Waals surface area contributed by atoms with Crippen molar-refractivity contribution in [3.8, 4) is 0 Å². The van der Waals surface area contributed by atoms with Crippen molar-refractivity contribution < 1.29 is 9.13 Å². The van der Waals surface area contributed by atoms with Crippen LogP contribution in [0.4, 0.5) is 10.3 Å². The first-order chi connectivity index (χ1) is 8.36. The molecule has 0 aliphatic rings. The van der Waals surface area contributed by atoms with Gasteiger partial charge in [-0.15, -0.1) is 0 Å². The van der Waals surface area contributed by atoms with Gasteiger partial charge in [0.15, 0.2) is 0 Å². The van der Waals surface area contributed by atoms with Crippen LogP contribution in [0.15, 0.2) is 16.6 Å². The van der Waals surface area contributed by atoms with Crippen LogP contribution in [0.3, 0.4) is 0 Å². The maximum Gasteiger partial charge on any atom is 0.201 e. The van der Waals surface area contributed by atoms with Crippen molar-refractivity contribution >= 4 is 32.9 Å². The van der Waals surface area contributed by atoms with Crippen molar-refractivity contribution in [2.45, 2.75) is 19.4 Å². The number of benzene rings is 1. The number of fused-ring (bicyclic) bond motifs is 1. The van der Waals surface area contributed by atoms with E-state index in [1.165, 1.54) is 6.07 Å². The molecule has 1 aromatic heterocycles. The van der Waals surface area contributed by atoms with Gasteiger partial charge in [-0.25, -0.2) is 9.37 Å². The lowest BCUT2D eigenvalue weighted by Crippen LogP contribution is -2.32. The van der Waals surface area contributed by atoms with Crippen LogP contribution in [0.2, 0.25) is 0 Å². The SMILES string of the molecule is COCC(C)(C)n1c(N)nc2cc(Br)c(F)cc21. The lowest BCUT2D eigenvalue weighted by atomic mass is 10.1. The smallest absolute Gasteiger partial charge is 0.201 e. The summed E-state index contributed by atoms with van der Waals surface area (Å²) in [4.78, 5) is 4.25. The molecule has 0 atom stereocenters. The molecule has 2 aromatic rings. The van der Waals surface area contributed by atoms with Crippen LogP contribution < -0.4 is 5.73 Å². The molecule has 6 heteroatoms. The first-order valence-electron chi connectivity index (χ1n) is 5.49. The number of hydrogen-bond donors (Lipinski definition) is 1. The van der Waals surface area contributed by atoms with Gasteiger partial charge >= 0.3 is 0 Å². The Labute approximate surface area is 113 Å². The number of ether oxygens (including phenoxy) is 1. The molecule has 98 valence electrons. The third-order valence-corrected chi connectivity index (χ3v) is 3.43. The third-order valence-electron chi connectivity index (χ3n) is 2.83. The Morgan fingerprint density at radius 2 is 2.17 bits per heavy atom. The molecule has 2 N–H and O–H groups in total. The highest BCUT2D eigenvalue weighted by molar-refractivity contribution is 9.10. The number of nitrogen functional groups attached to an aromatic ring is 1. The van der Waals surface area contributed by atoms with Crippen LogP contribution in [0.25, 0.3) is 11.0 Å². The second kappa shape index (κ2) is 4.51. The first-order valence-corrected chi connectivity index (χ1v) is 6.28. The minimum Gasteiger partial charge on any atom is -0.382 e. The fraction of sp³-hybridized carbons (Fsp3) is 0.417. The standard InChI is InChI=1S/C12H15BrFN3O/c1-12(2,6-18-3)17-10-5-8(14)7(13)4-9(10)16-11(17)15/h4-5H,6H2,1-3H3,(H2,15,16). The highest BCUT2D eigenvalue weighted by atomic mass is 79.9. The molecule has 0 spiro atoms. The van der Waals surface area contributed by atoms with E-state index < -0.39 is 5.54 Å². The number of rotatable bonds is 3. The summed E-state index contributed by atoms with van der Waals surface area (Å²) < 4.78 is 21.0. The lowest BCUT2D eigenvalue weighted by molar-refractivity contribution is 0.113. The summed E-state index contributed by atoms with van der Waals surface area (Å²) in [7, 11) is 1.62. The predicted octanol–water partition coefficient (Wildman–Crippen LogP) is 2.90. The third kappa shape index (κ3) is 2.10. The summed E-state index contributed by atoms with van der Waals surface area (Å²) in [6.45, 7) is 4.39. The van der Waals surface area contributed by atoms with Gasteiger partial charge in [0.05, 0.1) is 27.7 Å². The van der Waals surface area contributed by atoms with E-state index >= 15 is 0 Å². The average Bonchev–Trinajstić information content (AvgIpc) is 2.55. The van der Waals surface area contributed by atoms with E-state index in [4.69, 9.17) is 10.5 Å². The number of hydrogen-bond acceptors (Lipinski definition) is 3. The van der Waals surface area contributed by atoms with Crippen LogP contribution in [0.1, 0.15) is 13.8 Å². The first kappa shape index (κ1) is 13.3. The van der Waals surface area contributed by atoms with Crippen LogP contribution >= 0.6 is 15.9 Å². The van der Waals surface area contributed by atoms with Gasteiger partial charge in [0, 0.05) is 13.2 Å². The topological polar surface area (TPSA) is 53.1 Å². The van der Waals surface area contributed by atoms with Crippen molar-refractivity contribution in [2.24, 2.45) is 0 Å². The summed E-state index contributed by atoms with van der Waals surface area (Å²) in [6, 6.07) is 3.06. The molecule has 0 radical (unpaired) electrons. The number of anilines is 1. The van der Waals surface area contributed by atoms with Crippen LogP contribution in [-0.4, -0.2) is 23.3 Å². The Morgan fingerprint density at radius 1 is 1.50 bits per heavy atom. The molecule has 18 heavy (non-hydrogen) atoms. The van der Waals surface area contributed by atoms with Gasteiger partial charge in [0.25, 0.3) is 0 Å². The predicted molar refractivity (Wildman–Crippen MR) is 73.0 cm³/mol. The molecule has 1 heterocycles. The minimum absolute atomic E-state index is 0.336. The maximum atomic E-state index is 13.7. The fourth-order valence-corrected chi connectivity index (χ4v) is 2.48. The average molecular weight is 316 g/mol. The molecular weight excluding hydrogens is 301 g/mol. The van der Waals surface area contributed by atoms with E-state index in [1.807, 2.05) is 13.8 Å². The molecule has 0 fully saturated rings. The van der Waals surface area contributed by atoms with Crippen LogP contribution in [0.5, 0.6) is 0 Å². The van der Waals surface area contributed by atoms with E-state index in [0.29, 0.717) is 28.1 Å². The molecule has 4 nitrogen and oxygen atoms in total. The molecular formula is C12H15BrFN3O. The molecule has 0 bridgehead atoms. The summed E-state index contributed by atoms with van der Waals surface area (Å²) in [5, 5.41) is 0. The van der Waals surface area contributed by atoms with E-state index in [1.54, 1.807) is 17.7 Å². The largest absolute Gasteiger partial charge is 0.382 e. The molecule has 0 aliphatic heterocycles. The number of methoxy groups -OCH3 is 1. The highest BCUT2D eigenvalue weighted by Gasteiger charge is 2.25. The molecule has 2 rings (SSSR count). The summed E-state index contributed by atoms with van der Waals surface area (Å²) >= 11 is 3.14. The van der Waals surface area contributed by atoms with E-state index in [9.17, 15) is 4.39 Å². The van der Waals surface area contributed by atoms with Crippen molar-refractivity contribution in [2.75, 3.05) is 19.5 Å². The van der Waals surface area contributed by atoms with Crippen molar-refractivity contribution in [3.63, 3.8) is 0 Å². The highest BCUT2D eigenvalue weighted by Crippen LogP contribution is 2.30. The summed E-state index contributed by atoms with van der Waals surface area (Å²) in [6.07, 6.45) is 0. The van der Waals surface area contributed by atoms with Gasteiger partial charge < -0.3 is 15.0 Å². The second-order valence-corrected chi connectivity index (χ2v) is 5.66. The Balaban J connectivity index is 2.70. The zero-order valence-corrected chi connectivity index (χ0v) is 12.1. The van der Waals surface area contributed by atoms with Crippen molar-refractivity contribution in [3.05, 3.63) is 22.4 Å². The normalized spacial score (nSPS) is 12.3. The van der Waals surface area contributed by atoms with Crippen molar-refractivity contribution in [1.82, 2.24) is 9.55 Å². The van der Waals surface area contributed by atoms with E-state index in [2.05, 4.69) is 20.9 Å². The Hall–Kier alpha value is -1.14. The van der Waals surface area contributed by atoms with E-state index in [0.717, 1.165) is 0 Å². The van der Waals surface area contributed by atoms with Crippen molar-refractivity contribution in [1.29, 1.82) is 0 Å². The Bertz CT molecular complexity index is 595. The molecule has 0 amide bonds. The van der Waals surface area contributed by atoms with Gasteiger partial charge in [0.2, 0.25) is 5.95 Å². The summed E-state index contributed by atoms with van der Waals surface area (Å²) in [5.41, 5.74) is 6.85. The quantitative estimate of drug-likeness (QED) is 0.947. The number of nitrogens with zero attached hydrogens (tertiary/aromatic N) is 2. The number of halogens is 2. The lowest BCUT2D eigenvalue weighted by Gasteiger charge is -2.27. The van der Waals surface area contributed by atoms with Gasteiger partial charge in [-0.2, -0.15) is 0 Å². The number of nitrogens with two attached hydrogens (primary N) is 1. The molecule has 0 saturated heterocycles. The van der Waals surface area contributed by atoms with Crippen LogP contribution in [0, 0.1) is 5.82 Å². The zero-order chi connectivity index (χ0) is 13.5. The fourth-order valence-electron chi connectivity index (χ4n) is 2.15. The second-order valence-electron chi connectivity index (χ2n) is 4.81.